The number of likely N-dealkylation sites (N-methyl/N-ethyl adjacent to an activating group) is 1. The van der Waals surface area contributed by atoms with Gasteiger partial charge in [0.25, 0.3) is 0 Å². The van der Waals surface area contributed by atoms with Gasteiger partial charge in [0, 0.05) is 7.11 Å². The van der Waals surface area contributed by atoms with Gasteiger partial charge in [0.2, 0.25) is 0 Å². The first-order valence-corrected chi connectivity index (χ1v) is 6.70. The molecule has 0 spiro atoms. The summed E-state index contributed by atoms with van der Waals surface area (Å²) in [6.45, 7) is 6.33. The Hall–Kier alpha value is -0.650. The van der Waals surface area contributed by atoms with Gasteiger partial charge in [0.1, 0.15) is 5.54 Å². The van der Waals surface area contributed by atoms with Crippen LogP contribution in [0.5, 0.6) is 0 Å². The Balaban J connectivity index is 2.61. The normalized spacial score (nSPS) is 18.4. The Kier molecular flexibility index (Phi) is 6.60. The van der Waals surface area contributed by atoms with Crippen molar-refractivity contribution < 1.29 is 19.0 Å². The van der Waals surface area contributed by atoms with Crippen molar-refractivity contribution in [1.82, 2.24) is 5.32 Å². The van der Waals surface area contributed by atoms with Crippen LogP contribution in [0.4, 0.5) is 0 Å². The Morgan fingerprint density at radius 1 is 1.33 bits per heavy atom. The number of esters is 1. The molecule has 1 aliphatic carbocycles. The summed E-state index contributed by atoms with van der Waals surface area (Å²) in [7, 11) is 1.63. The average Bonchev–Trinajstić information content (AvgIpc) is 3.18. The van der Waals surface area contributed by atoms with E-state index in [9.17, 15) is 4.79 Å². The summed E-state index contributed by atoms with van der Waals surface area (Å²) >= 11 is 0. The fourth-order valence-corrected chi connectivity index (χ4v) is 2.14. The lowest BCUT2D eigenvalue weighted by atomic mass is 9.94. The third-order valence-electron chi connectivity index (χ3n) is 3.17. The van der Waals surface area contributed by atoms with Crippen molar-refractivity contribution in [2.24, 2.45) is 5.92 Å². The first kappa shape index (κ1) is 15.4. The molecule has 0 bridgehead atoms. The van der Waals surface area contributed by atoms with Gasteiger partial charge < -0.3 is 14.2 Å². The van der Waals surface area contributed by atoms with Gasteiger partial charge in [-0.25, -0.2) is 4.79 Å². The third-order valence-corrected chi connectivity index (χ3v) is 3.17. The molecule has 106 valence electrons. The second-order valence-corrected chi connectivity index (χ2v) is 4.54. The number of rotatable bonds is 10. The lowest BCUT2D eigenvalue weighted by Gasteiger charge is -2.32. The molecule has 18 heavy (non-hydrogen) atoms. The van der Waals surface area contributed by atoms with E-state index in [2.05, 4.69) is 5.32 Å². The van der Waals surface area contributed by atoms with E-state index in [1.54, 1.807) is 7.11 Å². The highest BCUT2D eigenvalue weighted by Gasteiger charge is 2.51. The molecule has 1 fully saturated rings. The summed E-state index contributed by atoms with van der Waals surface area (Å²) in [4.78, 5) is 12.2. The van der Waals surface area contributed by atoms with Gasteiger partial charge in [-0.2, -0.15) is 0 Å². The Bertz CT molecular complexity index is 255. The number of ether oxygens (including phenoxy) is 3. The van der Waals surface area contributed by atoms with Gasteiger partial charge >= 0.3 is 5.97 Å². The predicted octanol–water partition coefficient (Wildman–Crippen LogP) is 0.971. The summed E-state index contributed by atoms with van der Waals surface area (Å²) in [5.41, 5.74) is -0.668. The number of nitrogens with one attached hydrogen (secondary N) is 1. The molecule has 0 saturated heterocycles. The topological polar surface area (TPSA) is 56.8 Å². The van der Waals surface area contributed by atoms with E-state index in [0.717, 1.165) is 19.4 Å². The monoisotopic (exact) mass is 259 g/mol. The molecule has 0 aromatic rings. The number of methoxy groups -OCH3 is 1. The smallest absolute Gasteiger partial charge is 0.329 e. The van der Waals surface area contributed by atoms with Crippen molar-refractivity contribution in [1.29, 1.82) is 0 Å². The van der Waals surface area contributed by atoms with Crippen LogP contribution in [0.25, 0.3) is 0 Å². The summed E-state index contributed by atoms with van der Waals surface area (Å²) in [6, 6.07) is 0. The Morgan fingerprint density at radius 2 is 2.06 bits per heavy atom. The van der Waals surface area contributed by atoms with Crippen LogP contribution in [0.1, 0.15) is 26.7 Å². The zero-order valence-corrected chi connectivity index (χ0v) is 11.7. The van der Waals surface area contributed by atoms with E-state index in [1.807, 2.05) is 13.8 Å². The number of carbonyl (C=O) groups is 1. The van der Waals surface area contributed by atoms with Crippen molar-refractivity contribution in [3.05, 3.63) is 0 Å². The molecular weight excluding hydrogens is 234 g/mol. The number of carbonyl (C=O) groups excluding carboxylic acids is 1. The quantitative estimate of drug-likeness (QED) is 0.468. The molecule has 5 nitrogen and oxygen atoms in total. The Morgan fingerprint density at radius 3 is 2.56 bits per heavy atom. The highest BCUT2D eigenvalue weighted by molar-refractivity contribution is 5.82. The molecule has 0 heterocycles. The van der Waals surface area contributed by atoms with Crippen LogP contribution in [0.3, 0.4) is 0 Å². The fourth-order valence-electron chi connectivity index (χ4n) is 2.14. The van der Waals surface area contributed by atoms with Crippen molar-refractivity contribution in [3.8, 4) is 0 Å². The third kappa shape index (κ3) is 3.93. The molecule has 1 N–H and O–H groups in total. The largest absolute Gasteiger partial charge is 0.465 e. The minimum absolute atomic E-state index is 0.188. The molecule has 0 aromatic heterocycles. The van der Waals surface area contributed by atoms with Gasteiger partial charge in [-0.05, 0) is 32.2 Å². The van der Waals surface area contributed by atoms with Gasteiger partial charge in [0.05, 0.1) is 26.4 Å². The van der Waals surface area contributed by atoms with E-state index in [0.29, 0.717) is 32.3 Å². The minimum atomic E-state index is -0.668. The molecule has 1 atom stereocenters. The van der Waals surface area contributed by atoms with Crippen LogP contribution < -0.4 is 5.32 Å². The molecule has 5 heteroatoms. The van der Waals surface area contributed by atoms with Crippen LogP contribution in [-0.4, -0.2) is 51.6 Å². The summed E-state index contributed by atoms with van der Waals surface area (Å²) in [5, 5.41) is 3.28. The lowest BCUT2D eigenvalue weighted by Crippen LogP contribution is -2.58. The zero-order chi connectivity index (χ0) is 13.4. The van der Waals surface area contributed by atoms with Crippen LogP contribution in [-0.2, 0) is 19.0 Å². The van der Waals surface area contributed by atoms with Gasteiger partial charge in [-0.15, -0.1) is 0 Å². The highest BCUT2D eigenvalue weighted by atomic mass is 16.5. The predicted molar refractivity (Wildman–Crippen MR) is 68.5 cm³/mol. The molecule has 1 rings (SSSR count). The van der Waals surface area contributed by atoms with Gasteiger partial charge in [-0.3, -0.25) is 5.32 Å². The summed E-state index contributed by atoms with van der Waals surface area (Å²) < 4.78 is 15.7. The second-order valence-electron chi connectivity index (χ2n) is 4.54. The molecule has 0 aromatic carbocycles. The van der Waals surface area contributed by atoms with E-state index < -0.39 is 5.54 Å². The highest BCUT2D eigenvalue weighted by Crippen LogP contribution is 2.40. The van der Waals surface area contributed by atoms with Crippen LogP contribution in [0.15, 0.2) is 0 Å². The van der Waals surface area contributed by atoms with Gasteiger partial charge in [-0.1, -0.05) is 6.92 Å². The van der Waals surface area contributed by atoms with Crippen molar-refractivity contribution >= 4 is 5.97 Å². The SMILES string of the molecule is CCNC(COCCOC)(C(=O)OCC)C1CC1. The first-order chi connectivity index (χ1) is 8.71. The van der Waals surface area contributed by atoms with Crippen molar-refractivity contribution in [2.45, 2.75) is 32.2 Å². The van der Waals surface area contributed by atoms with Crippen molar-refractivity contribution in [3.63, 3.8) is 0 Å². The van der Waals surface area contributed by atoms with Crippen LogP contribution in [0.2, 0.25) is 0 Å². The van der Waals surface area contributed by atoms with Crippen molar-refractivity contribution in [2.75, 3.05) is 40.1 Å². The van der Waals surface area contributed by atoms with Gasteiger partial charge in [0.15, 0.2) is 0 Å². The zero-order valence-electron chi connectivity index (χ0n) is 11.7. The molecular formula is C13H25NO4. The maximum Gasteiger partial charge on any atom is 0.329 e. The molecule has 0 amide bonds. The molecule has 1 unspecified atom stereocenters. The standard InChI is InChI=1S/C13H25NO4/c1-4-14-13(11-6-7-11,12(15)18-5-2)10-17-9-8-16-3/h11,14H,4-10H2,1-3H3. The van der Waals surface area contributed by atoms with E-state index in [-0.39, 0.29) is 5.97 Å². The Labute approximate surface area is 109 Å². The molecule has 1 saturated carbocycles. The molecule has 0 aliphatic heterocycles. The van der Waals surface area contributed by atoms with E-state index in [1.165, 1.54) is 0 Å². The average molecular weight is 259 g/mol. The van der Waals surface area contributed by atoms with Crippen LogP contribution in [0, 0.1) is 5.92 Å². The second kappa shape index (κ2) is 7.71. The summed E-state index contributed by atoms with van der Waals surface area (Å²) in [6.07, 6.45) is 2.11. The molecule has 0 radical (unpaired) electrons. The first-order valence-electron chi connectivity index (χ1n) is 6.70. The number of hydrogen-bond donors (Lipinski definition) is 1. The maximum absolute atomic E-state index is 12.2. The fraction of sp³-hybridized carbons (Fsp3) is 0.923. The summed E-state index contributed by atoms with van der Waals surface area (Å²) in [5.74, 6) is 0.144. The minimum Gasteiger partial charge on any atom is -0.465 e. The van der Waals surface area contributed by atoms with E-state index in [4.69, 9.17) is 14.2 Å². The number of hydrogen-bond acceptors (Lipinski definition) is 5. The lowest BCUT2D eigenvalue weighted by molar-refractivity contribution is -0.155. The van der Waals surface area contributed by atoms with E-state index >= 15 is 0 Å². The molecule has 1 aliphatic rings. The maximum atomic E-state index is 12.2. The van der Waals surface area contributed by atoms with Crippen LogP contribution >= 0.6 is 0 Å².